The lowest BCUT2D eigenvalue weighted by molar-refractivity contribution is -0.153. The molecule has 0 saturated carbocycles. The highest BCUT2D eigenvalue weighted by Crippen LogP contribution is 2.05. The van der Waals surface area contributed by atoms with Crippen LogP contribution in [-0.2, 0) is 19.1 Å². The molecule has 0 unspecified atom stereocenters. The second-order valence-electron chi connectivity index (χ2n) is 3.55. The zero-order chi connectivity index (χ0) is 16.4. The van der Waals surface area contributed by atoms with Crippen molar-refractivity contribution < 1.29 is 38.9 Å². The third-order valence-electron chi connectivity index (χ3n) is 1.95. The second kappa shape index (κ2) is 9.08. The minimum Gasteiger partial charge on any atom is -0.479 e. The van der Waals surface area contributed by atoms with Crippen molar-refractivity contribution in [3.05, 3.63) is 35.4 Å². The molecule has 8 heteroatoms. The molecule has 0 fully saturated rings. The van der Waals surface area contributed by atoms with Crippen molar-refractivity contribution in [3.63, 3.8) is 0 Å². The topological polar surface area (TPSA) is 127 Å². The van der Waals surface area contributed by atoms with Crippen LogP contribution in [0.5, 0.6) is 0 Å². The first kappa shape index (κ1) is 18.1. The van der Waals surface area contributed by atoms with Gasteiger partial charge in [0.15, 0.2) is 6.61 Å². The van der Waals surface area contributed by atoms with Crippen LogP contribution in [0.15, 0.2) is 24.3 Å². The zero-order valence-corrected chi connectivity index (χ0v) is 11.4. The number of benzene rings is 1. The monoisotopic (exact) mass is 298 g/mol. The number of hydrogen-bond donors (Lipinski definition) is 2. The van der Waals surface area contributed by atoms with E-state index < -0.39 is 30.5 Å². The summed E-state index contributed by atoms with van der Waals surface area (Å²) in [6.07, 6.45) is 0. The third kappa shape index (κ3) is 7.98. The first-order valence-corrected chi connectivity index (χ1v) is 5.54. The van der Waals surface area contributed by atoms with Gasteiger partial charge in [-0.3, -0.25) is 4.79 Å². The SMILES string of the molecule is CC(=O)OCC(=O)O.COC(=O)c1ccc(C(=O)O)cc1. The predicted octanol–water partition coefficient (Wildman–Crippen LogP) is 0.805. The zero-order valence-electron chi connectivity index (χ0n) is 11.4. The summed E-state index contributed by atoms with van der Waals surface area (Å²) in [5.74, 6) is -3.21. The lowest BCUT2D eigenvalue weighted by Crippen LogP contribution is -2.09. The normalized spacial score (nSPS) is 8.86. The average molecular weight is 298 g/mol. The first-order chi connectivity index (χ1) is 9.77. The van der Waals surface area contributed by atoms with Crippen LogP contribution in [0.1, 0.15) is 27.6 Å². The van der Waals surface area contributed by atoms with Crippen molar-refractivity contribution in [2.45, 2.75) is 6.92 Å². The van der Waals surface area contributed by atoms with E-state index in [0.29, 0.717) is 5.56 Å². The van der Waals surface area contributed by atoms with E-state index in [0.717, 1.165) is 6.92 Å². The first-order valence-electron chi connectivity index (χ1n) is 5.54. The Hall–Kier alpha value is -2.90. The molecule has 0 atom stereocenters. The van der Waals surface area contributed by atoms with Crippen LogP contribution < -0.4 is 0 Å². The highest BCUT2D eigenvalue weighted by molar-refractivity contribution is 5.92. The molecule has 1 aromatic rings. The molecule has 1 aromatic carbocycles. The smallest absolute Gasteiger partial charge is 0.341 e. The Balaban J connectivity index is 0.000000433. The fourth-order valence-corrected chi connectivity index (χ4v) is 1.03. The lowest BCUT2D eigenvalue weighted by atomic mass is 10.1. The number of esters is 2. The molecular formula is C13H14O8. The van der Waals surface area contributed by atoms with Crippen LogP contribution in [-0.4, -0.2) is 47.8 Å². The number of carbonyl (C=O) groups excluding carboxylic acids is 2. The molecule has 0 spiro atoms. The molecule has 0 amide bonds. The van der Waals surface area contributed by atoms with Gasteiger partial charge in [-0.2, -0.15) is 0 Å². The predicted molar refractivity (Wildman–Crippen MR) is 69.0 cm³/mol. The quantitative estimate of drug-likeness (QED) is 0.781. The summed E-state index contributed by atoms with van der Waals surface area (Å²) in [7, 11) is 1.27. The van der Waals surface area contributed by atoms with Crippen molar-refractivity contribution in [2.24, 2.45) is 0 Å². The highest BCUT2D eigenvalue weighted by atomic mass is 16.5. The van der Waals surface area contributed by atoms with Crippen LogP contribution >= 0.6 is 0 Å². The summed E-state index contributed by atoms with van der Waals surface area (Å²) in [5, 5.41) is 16.4. The Morgan fingerprint density at radius 3 is 1.76 bits per heavy atom. The van der Waals surface area contributed by atoms with E-state index in [1.165, 1.54) is 31.4 Å². The summed E-state index contributed by atoms with van der Waals surface area (Å²) in [4.78, 5) is 40.8. The van der Waals surface area contributed by atoms with Crippen molar-refractivity contribution in [3.8, 4) is 0 Å². The van der Waals surface area contributed by atoms with Gasteiger partial charge in [-0.1, -0.05) is 0 Å². The molecule has 1 rings (SSSR count). The number of hydrogen-bond acceptors (Lipinski definition) is 6. The van der Waals surface area contributed by atoms with Crippen LogP contribution in [0.25, 0.3) is 0 Å². The largest absolute Gasteiger partial charge is 0.479 e. The maximum atomic E-state index is 10.9. The Bertz CT molecular complexity index is 503. The fourth-order valence-electron chi connectivity index (χ4n) is 1.03. The molecule has 8 nitrogen and oxygen atoms in total. The van der Waals surface area contributed by atoms with Crippen LogP contribution in [0, 0.1) is 0 Å². The molecule has 0 aromatic heterocycles. The van der Waals surface area contributed by atoms with Gasteiger partial charge in [0.25, 0.3) is 0 Å². The van der Waals surface area contributed by atoms with E-state index in [2.05, 4.69) is 9.47 Å². The maximum Gasteiger partial charge on any atom is 0.341 e. The molecule has 2 N–H and O–H groups in total. The molecule has 0 aliphatic heterocycles. The van der Waals surface area contributed by atoms with Crippen LogP contribution in [0.4, 0.5) is 0 Å². The molecule has 0 aliphatic rings. The maximum absolute atomic E-state index is 10.9. The van der Waals surface area contributed by atoms with Crippen LogP contribution in [0.2, 0.25) is 0 Å². The van der Waals surface area contributed by atoms with E-state index in [1.54, 1.807) is 0 Å². The van der Waals surface area contributed by atoms with Crippen molar-refractivity contribution >= 4 is 23.9 Å². The molecule has 114 valence electrons. The van der Waals surface area contributed by atoms with Gasteiger partial charge in [0.2, 0.25) is 0 Å². The van der Waals surface area contributed by atoms with Gasteiger partial charge in [-0.15, -0.1) is 0 Å². The van der Waals surface area contributed by atoms with Gasteiger partial charge in [0, 0.05) is 6.92 Å². The van der Waals surface area contributed by atoms with E-state index in [1.807, 2.05) is 0 Å². The van der Waals surface area contributed by atoms with Crippen molar-refractivity contribution in [1.82, 2.24) is 0 Å². The van der Waals surface area contributed by atoms with E-state index >= 15 is 0 Å². The highest BCUT2D eigenvalue weighted by Gasteiger charge is 2.06. The Kier molecular flexibility index (Phi) is 7.82. The van der Waals surface area contributed by atoms with Gasteiger partial charge in [-0.05, 0) is 24.3 Å². The summed E-state index contributed by atoms with van der Waals surface area (Å²) in [5.41, 5.74) is 0.486. The van der Waals surface area contributed by atoms with E-state index in [9.17, 15) is 19.2 Å². The number of rotatable bonds is 4. The standard InChI is InChI=1S/C9H8O4.C4H6O4/c1-13-9(12)7-4-2-6(3-5-7)8(10)11;1-3(5)8-2-4(6)7/h2-5H,1H3,(H,10,11);2H2,1H3,(H,6,7). The van der Waals surface area contributed by atoms with E-state index in [-0.39, 0.29) is 5.56 Å². The molecule has 0 aliphatic carbocycles. The number of aromatic carboxylic acids is 1. The van der Waals surface area contributed by atoms with Gasteiger partial charge in [0.1, 0.15) is 0 Å². The Labute approximate surface area is 119 Å². The molecule has 0 heterocycles. The summed E-state index contributed by atoms with van der Waals surface area (Å²) in [6.45, 7) is 0.609. The molecular weight excluding hydrogens is 284 g/mol. The number of aliphatic carboxylic acids is 1. The van der Waals surface area contributed by atoms with Crippen LogP contribution in [0.3, 0.4) is 0 Å². The van der Waals surface area contributed by atoms with Gasteiger partial charge < -0.3 is 19.7 Å². The molecule has 0 radical (unpaired) electrons. The van der Waals surface area contributed by atoms with Gasteiger partial charge in [-0.25, -0.2) is 14.4 Å². The Morgan fingerprint density at radius 2 is 1.48 bits per heavy atom. The van der Waals surface area contributed by atoms with Crippen molar-refractivity contribution in [1.29, 1.82) is 0 Å². The molecule has 21 heavy (non-hydrogen) atoms. The lowest BCUT2D eigenvalue weighted by Gasteiger charge is -1.98. The fraction of sp³-hybridized carbons (Fsp3) is 0.231. The number of carboxylic acid groups (broad SMARTS) is 2. The minimum atomic E-state index is -1.14. The van der Waals surface area contributed by atoms with E-state index in [4.69, 9.17) is 10.2 Å². The second-order valence-corrected chi connectivity index (χ2v) is 3.55. The number of carboxylic acids is 2. The minimum absolute atomic E-state index is 0.146. The summed E-state index contributed by atoms with van der Waals surface area (Å²) in [6, 6.07) is 5.54. The number of ether oxygens (including phenoxy) is 2. The van der Waals surface area contributed by atoms with Gasteiger partial charge >= 0.3 is 23.9 Å². The summed E-state index contributed by atoms with van der Waals surface area (Å²) >= 11 is 0. The van der Waals surface area contributed by atoms with Crippen molar-refractivity contribution in [2.75, 3.05) is 13.7 Å². The summed E-state index contributed by atoms with van der Waals surface area (Å²) < 4.78 is 8.52. The third-order valence-corrected chi connectivity index (χ3v) is 1.95. The number of methoxy groups -OCH3 is 1. The molecule has 0 bridgehead atoms. The average Bonchev–Trinajstić information content (AvgIpc) is 2.45. The Morgan fingerprint density at radius 1 is 1.00 bits per heavy atom. The van der Waals surface area contributed by atoms with Gasteiger partial charge in [0.05, 0.1) is 18.2 Å². The molecule has 0 saturated heterocycles. The number of carbonyl (C=O) groups is 4.